The molecule has 0 atom stereocenters. The minimum absolute atomic E-state index is 0.0190. The first-order valence-corrected chi connectivity index (χ1v) is 5.99. The van der Waals surface area contributed by atoms with Gasteiger partial charge in [0.25, 0.3) is 5.91 Å². The maximum Gasteiger partial charge on any atom is 0.257 e. The van der Waals surface area contributed by atoms with Gasteiger partial charge in [0, 0.05) is 6.54 Å². The Morgan fingerprint density at radius 1 is 1.28 bits per heavy atom. The molecule has 1 N–H and O–H groups in total. The van der Waals surface area contributed by atoms with Gasteiger partial charge in [-0.1, -0.05) is 6.08 Å². The first-order chi connectivity index (χ1) is 8.76. The van der Waals surface area contributed by atoms with Crippen molar-refractivity contribution in [1.29, 1.82) is 0 Å². The lowest BCUT2D eigenvalue weighted by atomic mass is 10.3. The largest absolute Gasteiger partial charge is 0.494 e. The topological polar surface area (TPSA) is 47.6 Å². The van der Waals surface area contributed by atoms with E-state index in [0.29, 0.717) is 18.9 Å². The summed E-state index contributed by atoms with van der Waals surface area (Å²) in [6.45, 7) is 6.75. The van der Waals surface area contributed by atoms with Gasteiger partial charge in [0.05, 0.1) is 6.61 Å². The van der Waals surface area contributed by atoms with Crippen molar-refractivity contribution in [2.24, 2.45) is 0 Å². The van der Waals surface area contributed by atoms with E-state index < -0.39 is 0 Å². The second-order valence-electron chi connectivity index (χ2n) is 3.62. The van der Waals surface area contributed by atoms with Crippen LogP contribution in [-0.2, 0) is 4.79 Å². The Bertz CT molecular complexity index is 373. The molecule has 0 aliphatic carbocycles. The molecule has 0 aromatic heterocycles. The number of rotatable bonds is 8. The van der Waals surface area contributed by atoms with E-state index in [1.165, 1.54) is 0 Å². The summed E-state index contributed by atoms with van der Waals surface area (Å²) in [5, 5.41) is 2.73. The fourth-order valence-corrected chi connectivity index (χ4v) is 1.31. The summed E-state index contributed by atoms with van der Waals surface area (Å²) < 4.78 is 10.6. The summed E-state index contributed by atoms with van der Waals surface area (Å²) >= 11 is 0. The van der Waals surface area contributed by atoms with Crippen LogP contribution in [0.3, 0.4) is 0 Å². The van der Waals surface area contributed by atoms with Crippen molar-refractivity contribution in [2.75, 3.05) is 19.8 Å². The van der Waals surface area contributed by atoms with E-state index in [9.17, 15) is 4.79 Å². The third kappa shape index (κ3) is 5.39. The highest BCUT2D eigenvalue weighted by molar-refractivity contribution is 5.77. The Morgan fingerprint density at radius 2 is 1.89 bits per heavy atom. The van der Waals surface area contributed by atoms with E-state index in [0.717, 1.165) is 12.2 Å². The molecule has 0 heterocycles. The molecule has 1 amide bonds. The summed E-state index contributed by atoms with van der Waals surface area (Å²) in [6.07, 6.45) is 2.52. The smallest absolute Gasteiger partial charge is 0.257 e. The highest BCUT2D eigenvalue weighted by Crippen LogP contribution is 2.17. The molecule has 1 aromatic carbocycles. The second-order valence-corrected chi connectivity index (χ2v) is 3.62. The zero-order chi connectivity index (χ0) is 13.2. The van der Waals surface area contributed by atoms with Gasteiger partial charge in [-0.2, -0.15) is 0 Å². The molecule has 0 spiro atoms. The lowest BCUT2D eigenvalue weighted by Crippen LogP contribution is -2.29. The first kappa shape index (κ1) is 14.1. The molecule has 0 radical (unpaired) electrons. The summed E-state index contributed by atoms with van der Waals surface area (Å²) in [6, 6.07) is 7.19. The third-order valence-electron chi connectivity index (χ3n) is 2.18. The minimum atomic E-state index is -0.134. The summed E-state index contributed by atoms with van der Waals surface area (Å²) in [7, 11) is 0. The van der Waals surface area contributed by atoms with Crippen molar-refractivity contribution in [3.63, 3.8) is 0 Å². The molecule has 0 saturated heterocycles. The van der Waals surface area contributed by atoms with Crippen LogP contribution in [-0.4, -0.2) is 25.7 Å². The van der Waals surface area contributed by atoms with Gasteiger partial charge in [0.2, 0.25) is 0 Å². The van der Waals surface area contributed by atoms with Gasteiger partial charge in [-0.05, 0) is 37.6 Å². The molecule has 98 valence electrons. The SMILES string of the molecule is C=CCCNC(=O)COc1ccc(OCC)cc1. The van der Waals surface area contributed by atoms with Gasteiger partial charge < -0.3 is 14.8 Å². The quantitative estimate of drug-likeness (QED) is 0.567. The van der Waals surface area contributed by atoms with Gasteiger partial charge in [0.15, 0.2) is 6.61 Å². The zero-order valence-corrected chi connectivity index (χ0v) is 10.6. The molecule has 0 bridgehead atoms. The molecule has 4 heteroatoms. The van der Waals surface area contributed by atoms with Crippen molar-refractivity contribution < 1.29 is 14.3 Å². The predicted molar refractivity (Wildman–Crippen MR) is 70.9 cm³/mol. The average Bonchev–Trinajstić information content (AvgIpc) is 2.39. The van der Waals surface area contributed by atoms with Gasteiger partial charge in [-0.3, -0.25) is 4.79 Å². The number of hydrogen-bond donors (Lipinski definition) is 1. The number of carbonyl (C=O) groups is 1. The number of benzene rings is 1. The molecule has 1 aromatic rings. The van der Waals surface area contributed by atoms with Crippen LogP contribution in [0.5, 0.6) is 11.5 Å². The normalized spacial score (nSPS) is 9.61. The number of amides is 1. The minimum Gasteiger partial charge on any atom is -0.494 e. The van der Waals surface area contributed by atoms with Crippen LogP contribution in [0, 0.1) is 0 Å². The fraction of sp³-hybridized carbons (Fsp3) is 0.357. The van der Waals surface area contributed by atoms with Gasteiger partial charge in [-0.15, -0.1) is 6.58 Å². The van der Waals surface area contributed by atoms with E-state index >= 15 is 0 Å². The van der Waals surface area contributed by atoms with Crippen molar-refractivity contribution in [2.45, 2.75) is 13.3 Å². The van der Waals surface area contributed by atoms with E-state index in [1.807, 2.05) is 19.1 Å². The van der Waals surface area contributed by atoms with E-state index in [2.05, 4.69) is 11.9 Å². The molecule has 18 heavy (non-hydrogen) atoms. The summed E-state index contributed by atoms with van der Waals surface area (Å²) in [5.41, 5.74) is 0. The van der Waals surface area contributed by atoms with Crippen molar-refractivity contribution in [1.82, 2.24) is 5.32 Å². The van der Waals surface area contributed by atoms with Crippen LogP contribution in [0.25, 0.3) is 0 Å². The molecular weight excluding hydrogens is 230 g/mol. The Morgan fingerprint density at radius 3 is 2.44 bits per heavy atom. The fourth-order valence-electron chi connectivity index (χ4n) is 1.31. The van der Waals surface area contributed by atoms with E-state index in [1.54, 1.807) is 18.2 Å². The van der Waals surface area contributed by atoms with Crippen molar-refractivity contribution in [3.8, 4) is 11.5 Å². The monoisotopic (exact) mass is 249 g/mol. The lowest BCUT2D eigenvalue weighted by molar-refractivity contribution is -0.123. The standard InChI is InChI=1S/C14H19NO3/c1-3-5-10-15-14(16)11-18-13-8-6-12(7-9-13)17-4-2/h3,6-9H,1,4-5,10-11H2,2H3,(H,15,16). The molecule has 0 fully saturated rings. The Balaban J connectivity index is 2.29. The summed E-state index contributed by atoms with van der Waals surface area (Å²) in [4.78, 5) is 11.4. The van der Waals surface area contributed by atoms with Gasteiger partial charge in [-0.25, -0.2) is 0 Å². The van der Waals surface area contributed by atoms with E-state index in [-0.39, 0.29) is 12.5 Å². The maximum absolute atomic E-state index is 11.4. The number of hydrogen-bond acceptors (Lipinski definition) is 3. The molecule has 0 aliphatic rings. The van der Waals surface area contributed by atoms with Gasteiger partial charge in [0.1, 0.15) is 11.5 Å². The zero-order valence-electron chi connectivity index (χ0n) is 10.6. The van der Waals surface area contributed by atoms with Crippen LogP contribution >= 0.6 is 0 Å². The maximum atomic E-state index is 11.4. The molecule has 4 nitrogen and oxygen atoms in total. The number of ether oxygens (including phenoxy) is 2. The van der Waals surface area contributed by atoms with Crippen LogP contribution in [0.1, 0.15) is 13.3 Å². The first-order valence-electron chi connectivity index (χ1n) is 5.99. The van der Waals surface area contributed by atoms with Crippen molar-refractivity contribution >= 4 is 5.91 Å². The predicted octanol–water partition coefficient (Wildman–Crippen LogP) is 2.16. The molecule has 0 unspecified atom stereocenters. The lowest BCUT2D eigenvalue weighted by Gasteiger charge is -2.08. The molecule has 0 saturated carbocycles. The summed E-state index contributed by atoms with van der Waals surface area (Å²) in [5.74, 6) is 1.31. The average molecular weight is 249 g/mol. The molecular formula is C14H19NO3. The Kier molecular flexibility index (Phi) is 6.40. The Labute approximate surface area is 108 Å². The highest BCUT2D eigenvalue weighted by atomic mass is 16.5. The van der Waals surface area contributed by atoms with Crippen molar-refractivity contribution in [3.05, 3.63) is 36.9 Å². The Hall–Kier alpha value is -1.97. The third-order valence-corrected chi connectivity index (χ3v) is 2.18. The van der Waals surface area contributed by atoms with Crippen LogP contribution in [0.15, 0.2) is 36.9 Å². The number of nitrogens with one attached hydrogen (secondary N) is 1. The molecule has 1 rings (SSSR count). The van der Waals surface area contributed by atoms with E-state index in [4.69, 9.17) is 9.47 Å². The molecule has 0 aliphatic heterocycles. The highest BCUT2D eigenvalue weighted by Gasteiger charge is 2.01. The van der Waals surface area contributed by atoms with Crippen LogP contribution < -0.4 is 14.8 Å². The second kappa shape index (κ2) is 8.17. The van der Waals surface area contributed by atoms with Crippen LogP contribution in [0.4, 0.5) is 0 Å². The van der Waals surface area contributed by atoms with Crippen LogP contribution in [0.2, 0.25) is 0 Å². The number of carbonyl (C=O) groups excluding carboxylic acids is 1. The van der Waals surface area contributed by atoms with Gasteiger partial charge >= 0.3 is 0 Å².